The van der Waals surface area contributed by atoms with E-state index in [0.29, 0.717) is 13.1 Å². The summed E-state index contributed by atoms with van der Waals surface area (Å²) in [7, 11) is 0. The second-order valence-corrected chi connectivity index (χ2v) is 7.29. The van der Waals surface area contributed by atoms with Crippen LogP contribution in [0, 0.1) is 0 Å². The van der Waals surface area contributed by atoms with Crippen molar-refractivity contribution in [1.29, 1.82) is 0 Å². The molecule has 3 rings (SSSR count). The molecule has 0 bridgehead atoms. The highest BCUT2D eigenvalue weighted by atomic mass is 32.1. The van der Waals surface area contributed by atoms with Gasteiger partial charge in [0.15, 0.2) is 0 Å². The largest absolute Gasteiger partial charge is 0.372 e. The molecule has 0 N–H and O–H groups in total. The maximum atomic E-state index is 13.0. The monoisotopic (exact) mass is 379 g/mol. The second kappa shape index (κ2) is 9.33. The van der Waals surface area contributed by atoms with Crippen molar-refractivity contribution in [3.8, 4) is 0 Å². The lowest BCUT2D eigenvalue weighted by molar-refractivity contribution is 0.0735. The number of amides is 1. The van der Waals surface area contributed by atoms with Gasteiger partial charge in [0.25, 0.3) is 5.91 Å². The summed E-state index contributed by atoms with van der Waals surface area (Å²) in [6.07, 6.45) is 3.57. The van der Waals surface area contributed by atoms with Crippen LogP contribution in [0.25, 0.3) is 0 Å². The lowest BCUT2D eigenvalue weighted by Crippen LogP contribution is -2.29. The third kappa shape index (κ3) is 4.95. The van der Waals surface area contributed by atoms with E-state index in [2.05, 4.69) is 48.0 Å². The van der Waals surface area contributed by atoms with Gasteiger partial charge < -0.3 is 9.80 Å². The number of hydrogen-bond donors (Lipinski definition) is 0. The molecule has 0 saturated carbocycles. The van der Waals surface area contributed by atoms with Crippen molar-refractivity contribution in [1.82, 2.24) is 9.88 Å². The number of aromatic nitrogens is 1. The Labute approximate surface area is 165 Å². The molecular weight excluding hydrogens is 354 g/mol. The predicted molar refractivity (Wildman–Crippen MR) is 112 cm³/mol. The van der Waals surface area contributed by atoms with Crippen LogP contribution >= 0.6 is 11.3 Å². The van der Waals surface area contributed by atoms with Gasteiger partial charge in [0.1, 0.15) is 0 Å². The molecule has 140 valence electrons. The van der Waals surface area contributed by atoms with Gasteiger partial charge in [0.05, 0.1) is 4.88 Å². The third-order valence-corrected chi connectivity index (χ3v) is 5.41. The van der Waals surface area contributed by atoms with Crippen molar-refractivity contribution in [3.63, 3.8) is 0 Å². The lowest BCUT2D eigenvalue weighted by atomic mass is 10.1. The molecule has 0 radical (unpaired) electrons. The molecule has 27 heavy (non-hydrogen) atoms. The Morgan fingerprint density at radius 1 is 0.963 bits per heavy atom. The summed E-state index contributed by atoms with van der Waals surface area (Å²) in [5.41, 5.74) is 3.37. The van der Waals surface area contributed by atoms with Crippen LogP contribution in [0.5, 0.6) is 0 Å². The van der Waals surface area contributed by atoms with Crippen LogP contribution in [0.15, 0.2) is 66.3 Å². The molecule has 2 heterocycles. The zero-order valence-electron chi connectivity index (χ0n) is 15.8. The molecule has 0 aliphatic heterocycles. The average Bonchev–Trinajstić information content (AvgIpc) is 3.25. The van der Waals surface area contributed by atoms with Crippen LogP contribution in [0.3, 0.4) is 0 Å². The van der Waals surface area contributed by atoms with Gasteiger partial charge in [-0.2, -0.15) is 0 Å². The zero-order valence-corrected chi connectivity index (χ0v) is 16.7. The van der Waals surface area contributed by atoms with E-state index in [1.54, 1.807) is 6.20 Å². The fraction of sp³-hybridized carbons (Fsp3) is 0.273. The van der Waals surface area contributed by atoms with Crippen LogP contribution in [0.4, 0.5) is 5.69 Å². The molecule has 0 spiro atoms. The Balaban J connectivity index is 1.79. The van der Waals surface area contributed by atoms with Crippen molar-refractivity contribution in [3.05, 3.63) is 82.3 Å². The van der Waals surface area contributed by atoms with Crippen molar-refractivity contribution < 1.29 is 4.79 Å². The number of benzene rings is 1. The maximum Gasteiger partial charge on any atom is 0.264 e. The maximum absolute atomic E-state index is 13.0. The fourth-order valence-electron chi connectivity index (χ4n) is 3.09. The smallest absolute Gasteiger partial charge is 0.264 e. The topological polar surface area (TPSA) is 36.4 Å². The minimum Gasteiger partial charge on any atom is -0.372 e. The fourth-order valence-corrected chi connectivity index (χ4v) is 3.78. The van der Waals surface area contributed by atoms with Gasteiger partial charge in [-0.05, 0) is 54.6 Å². The van der Waals surface area contributed by atoms with Crippen molar-refractivity contribution in [2.75, 3.05) is 18.0 Å². The molecule has 0 fully saturated rings. The Bertz CT molecular complexity index is 828. The first-order valence-corrected chi connectivity index (χ1v) is 10.1. The highest BCUT2D eigenvalue weighted by Gasteiger charge is 2.18. The molecule has 0 aliphatic rings. The lowest BCUT2D eigenvalue weighted by Gasteiger charge is -2.24. The summed E-state index contributed by atoms with van der Waals surface area (Å²) in [6, 6.07) is 16.2. The number of anilines is 1. The molecule has 5 heteroatoms. The summed E-state index contributed by atoms with van der Waals surface area (Å²) in [5, 5.41) is 1.94. The van der Waals surface area contributed by atoms with Gasteiger partial charge >= 0.3 is 0 Å². The number of carbonyl (C=O) groups excluding carboxylic acids is 1. The van der Waals surface area contributed by atoms with Gasteiger partial charge in [0, 0.05) is 44.3 Å². The summed E-state index contributed by atoms with van der Waals surface area (Å²) < 4.78 is 0. The van der Waals surface area contributed by atoms with Gasteiger partial charge in [-0.3, -0.25) is 9.78 Å². The van der Waals surface area contributed by atoms with E-state index < -0.39 is 0 Å². The summed E-state index contributed by atoms with van der Waals surface area (Å²) in [6.45, 7) is 7.41. The molecule has 0 unspecified atom stereocenters. The Hall–Kier alpha value is -2.66. The van der Waals surface area contributed by atoms with Crippen LogP contribution < -0.4 is 4.90 Å². The Morgan fingerprint density at radius 3 is 2.30 bits per heavy atom. The van der Waals surface area contributed by atoms with Crippen molar-refractivity contribution in [2.24, 2.45) is 0 Å². The average molecular weight is 380 g/mol. The minimum absolute atomic E-state index is 0.0571. The van der Waals surface area contributed by atoms with E-state index in [1.807, 2.05) is 40.7 Å². The first kappa shape index (κ1) is 19.1. The first-order chi connectivity index (χ1) is 13.2. The van der Waals surface area contributed by atoms with Crippen molar-refractivity contribution >= 4 is 22.9 Å². The number of hydrogen-bond acceptors (Lipinski definition) is 4. The molecule has 0 aliphatic carbocycles. The SMILES string of the molecule is CCN(CC)c1ccc(CN(Cc2cccnc2)C(=O)c2cccs2)cc1. The number of carbonyl (C=O) groups is 1. The summed E-state index contributed by atoms with van der Waals surface area (Å²) >= 11 is 1.48. The minimum atomic E-state index is 0.0571. The molecule has 0 saturated heterocycles. The molecular formula is C22H25N3OS. The van der Waals surface area contributed by atoms with Crippen LogP contribution in [0.2, 0.25) is 0 Å². The Morgan fingerprint density at radius 2 is 1.70 bits per heavy atom. The van der Waals surface area contributed by atoms with E-state index in [1.165, 1.54) is 17.0 Å². The quantitative estimate of drug-likeness (QED) is 0.562. The molecule has 1 amide bonds. The van der Waals surface area contributed by atoms with E-state index in [-0.39, 0.29) is 5.91 Å². The third-order valence-electron chi connectivity index (χ3n) is 4.55. The van der Waals surface area contributed by atoms with Gasteiger partial charge in [0.2, 0.25) is 0 Å². The number of nitrogens with zero attached hydrogens (tertiary/aromatic N) is 3. The summed E-state index contributed by atoms with van der Waals surface area (Å²) in [4.78, 5) is 22.1. The molecule has 2 aromatic heterocycles. The number of rotatable bonds is 8. The second-order valence-electron chi connectivity index (χ2n) is 6.34. The van der Waals surface area contributed by atoms with Crippen LogP contribution in [0.1, 0.15) is 34.6 Å². The Kier molecular flexibility index (Phi) is 6.60. The van der Waals surface area contributed by atoms with E-state index in [9.17, 15) is 4.79 Å². The van der Waals surface area contributed by atoms with Gasteiger partial charge in [-0.15, -0.1) is 11.3 Å². The standard InChI is InChI=1S/C22H25N3OS/c1-3-24(4-2)20-11-9-18(10-12-20)16-25(17-19-7-5-13-23-15-19)22(26)21-8-6-14-27-21/h5-15H,3-4,16-17H2,1-2H3. The first-order valence-electron chi connectivity index (χ1n) is 9.26. The number of thiophene rings is 1. The number of pyridine rings is 1. The van der Waals surface area contributed by atoms with Crippen LogP contribution in [-0.4, -0.2) is 28.9 Å². The van der Waals surface area contributed by atoms with Crippen molar-refractivity contribution in [2.45, 2.75) is 26.9 Å². The molecule has 3 aromatic rings. The van der Waals surface area contributed by atoms with E-state index in [4.69, 9.17) is 0 Å². The highest BCUT2D eigenvalue weighted by Crippen LogP contribution is 2.20. The molecule has 4 nitrogen and oxygen atoms in total. The summed E-state index contributed by atoms with van der Waals surface area (Å²) in [5.74, 6) is 0.0571. The van der Waals surface area contributed by atoms with Gasteiger partial charge in [-0.25, -0.2) is 0 Å². The zero-order chi connectivity index (χ0) is 19.1. The molecule has 0 atom stereocenters. The molecule has 1 aromatic carbocycles. The van der Waals surface area contributed by atoms with E-state index in [0.717, 1.165) is 29.1 Å². The highest BCUT2D eigenvalue weighted by molar-refractivity contribution is 7.12. The van der Waals surface area contributed by atoms with Gasteiger partial charge in [-0.1, -0.05) is 24.3 Å². The van der Waals surface area contributed by atoms with Crippen LogP contribution in [-0.2, 0) is 13.1 Å². The normalized spacial score (nSPS) is 10.6. The van der Waals surface area contributed by atoms with E-state index >= 15 is 0 Å². The predicted octanol–water partition coefficient (Wildman–Crippen LogP) is 4.83.